The van der Waals surface area contributed by atoms with Gasteiger partial charge in [-0.2, -0.15) is 0 Å². The SMILES string of the molecule is CCCNCc1cc(OCC2CC2)ncc1Cl. The summed E-state index contributed by atoms with van der Waals surface area (Å²) >= 11 is 6.09. The van der Waals surface area contributed by atoms with Crippen LogP contribution in [0.15, 0.2) is 12.3 Å². The summed E-state index contributed by atoms with van der Waals surface area (Å²) in [4.78, 5) is 4.18. The summed E-state index contributed by atoms with van der Waals surface area (Å²) in [6, 6.07) is 1.94. The summed E-state index contributed by atoms with van der Waals surface area (Å²) in [6.07, 6.45) is 5.37. The molecule has 1 saturated carbocycles. The van der Waals surface area contributed by atoms with Gasteiger partial charge in [-0.05, 0) is 37.3 Å². The fourth-order valence-corrected chi connectivity index (χ4v) is 1.73. The third-order valence-electron chi connectivity index (χ3n) is 2.82. The zero-order chi connectivity index (χ0) is 12.1. The van der Waals surface area contributed by atoms with Crippen molar-refractivity contribution in [3.63, 3.8) is 0 Å². The summed E-state index contributed by atoms with van der Waals surface area (Å²) in [5.74, 6) is 1.43. The zero-order valence-corrected chi connectivity index (χ0v) is 11.0. The number of halogens is 1. The number of pyridine rings is 1. The lowest BCUT2D eigenvalue weighted by Crippen LogP contribution is -2.14. The van der Waals surface area contributed by atoms with Gasteiger partial charge in [-0.25, -0.2) is 4.98 Å². The summed E-state index contributed by atoms with van der Waals surface area (Å²) in [5, 5.41) is 4.03. The van der Waals surface area contributed by atoms with Crippen LogP contribution in [-0.2, 0) is 6.54 Å². The molecule has 1 aromatic heterocycles. The maximum Gasteiger partial charge on any atom is 0.213 e. The fraction of sp³-hybridized carbons (Fsp3) is 0.615. The first-order valence-electron chi connectivity index (χ1n) is 6.27. The first-order valence-corrected chi connectivity index (χ1v) is 6.65. The van der Waals surface area contributed by atoms with Gasteiger partial charge in [-0.1, -0.05) is 18.5 Å². The monoisotopic (exact) mass is 254 g/mol. The van der Waals surface area contributed by atoms with Crippen LogP contribution in [0.25, 0.3) is 0 Å². The molecule has 17 heavy (non-hydrogen) atoms. The second-order valence-electron chi connectivity index (χ2n) is 4.55. The maximum atomic E-state index is 6.09. The van der Waals surface area contributed by atoms with Gasteiger partial charge in [0.2, 0.25) is 5.88 Å². The lowest BCUT2D eigenvalue weighted by atomic mass is 10.2. The summed E-state index contributed by atoms with van der Waals surface area (Å²) in [6.45, 7) is 4.70. The highest BCUT2D eigenvalue weighted by Gasteiger charge is 2.22. The molecule has 1 aliphatic rings. The average Bonchev–Trinajstić information content (AvgIpc) is 3.14. The van der Waals surface area contributed by atoms with E-state index in [1.165, 1.54) is 12.8 Å². The molecule has 1 fully saturated rings. The molecule has 0 amide bonds. The molecule has 0 atom stereocenters. The van der Waals surface area contributed by atoms with Crippen LogP contribution in [0.2, 0.25) is 5.02 Å². The van der Waals surface area contributed by atoms with E-state index in [0.717, 1.165) is 37.6 Å². The van der Waals surface area contributed by atoms with Crippen molar-refractivity contribution in [2.24, 2.45) is 5.92 Å². The Labute approximate surface area is 108 Å². The molecule has 0 aliphatic heterocycles. The van der Waals surface area contributed by atoms with Gasteiger partial charge in [0, 0.05) is 18.8 Å². The fourth-order valence-electron chi connectivity index (χ4n) is 1.56. The van der Waals surface area contributed by atoms with Gasteiger partial charge >= 0.3 is 0 Å². The van der Waals surface area contributed by atoms with Gasteiger partial charge in [0.05, 0.1) is 11.6 Å². The number of nitrogens with zero attached hydrogens (tertiary/aromatic N) is 1. The first-order chi connectivity index (χ1) is 8.29. The molecule has 0 spiro atoms. The molecular weight excluding hydrogens is 236 g/mol. The van der Waals surface area contributed by atoms with Crippen LogP contribution in [0, 0.1) is 5.92 Å². The van der Waals surface area contributed by atoms with Gasteiger partial charge in [-0.3, -0.25) is 0 Å². The molecule has 3 nitrogen and oxygen atoms in total. The highest BCUT2D eigenvalue weighted by Crippen LogP contribution is 2.29. The number of rotatable bonds is 7. The van der Waals surface area contributed by atoms with Crippen LogP contribution in [0.3, 0.4) is 0 Å². The second kappa shape index (κ2) is 6.22. The van der Waals surface area contributed by atoms with Crippen molar-refractivity contribution >= 4 is 11.6 Å². The summed E-state index contributed by atoms with van der Waals surface area (Å²) in [7, 11) is 0. The molecule has 1 heterocycles. The van der Waals surface area contributed by atoms with E-state index in [0.29, 0.717) is 10.9 Å². The number of aromatic nitrogens is 1. The highest BCUT2D eigenvalue weighted by atomic mass is 35.5. The Morgan fingerprint density at radius 3 is 3.06 bits per heavy atom. The minimum atomic E-state index is 0.689. The Morgan fingerprint density at radius 2 is 2.35 bits per heavy atom. The molecule has 0 radical (unpaired) electrons. The lowest BCUT2D eigenvalue weighted by molar-refractivity contribution is 0.288. The molecule has 4 heteroatoms. The first kappa shape index (κ1) is 12.7. The zero-order valence-electron chi connectivity index (χ0n) is 10.2. The second-order valence-corrected chi connectivity index (χ2v) is 4.95. The van der Waals surface area contributed by atoms with E-state index in [1.54, 1.807) is 6.20 Å². The predicted octanol–water partition coefficient (Wildman–Crippen LogP) is 3.02. The number of nitrogens with one attached hydrogen (secondary N) is 1. The van der Waals surface area contributed by atoms with E-state index >= 15 is 0 Å². The molecule has 1 aromatic rings. The molecule has 0 bridgehead atoms. The van der Waals surface area contributed by atoms with Crippen LogP contribution >= 0.6 is 11.6 Å². The molecule has 0 unspecified atom stereocenters. The van der Waals surface area contributed by atoms with E-state index in [4.69, 9.17) is 16.3 Å². The Balaban J connectivity index is 1.90. The summed E-state index contributed by atoms with van der Waals surface area (Å²) < 4.78 is 5.63. The predicted molar refractivity (Wildman–Crippen MR) is 69.5 cm³/mol. The standard InChI is InChI=1S/C13H19ClN2O/c1-2-5-15-7-11-6-13(16-8-12(11)14)17-9-10-3-4-10/h6,8,10,15H,2-5,7,9H2,1H3. The van der Waals surface area contributed by atoms with E-state index in [9.17, 15) is 0 Å². The van der Waals surface area contributed by atoms with Gasteiger partial charge in [0.25, 0.3) is 0 Å². The molecule has 94 valence electrons. The van der Waals surface area contributed by atoms with Crippen molar-refractivity contribution in [2.45, 2.75) is 32.7 Å². The van der Waals surface area contributed by atoms with Crippen molar-refractivity contribution in [1.29, 1.82) is 0 Å². The van der Waals surface area contributed by atoms with Crippen LogP contribution in [0.1, 0.15) is 31.7 Å². The normalized spacial score (nSPS) is 14.9. The molecule has 1 N–H and O–H groups in total. The van der Waals surface area contributed by atoms with Gasteiger partial charge in [0.15, 0.2) is 0 Å². The maximum absolute atomic E-state index is 6.09. The van der Waals surface area contributed by atoms with Crippen LogP contribution in [0.5, 0.6) is 5.88 Å². The van der Waals surface area contributed by atoms with E-state index < -0.39 is 0 Å². The van der Waals surface area contributed by atoms with Crippen molar-refractivity contribution in [1.82, 2.24) is 10.3 Å². The smallest absolute Gasteiger partial charge is 0.213 e. The Hall–Kier alpha value is -0.800. The van der Waals surface area contributed by atoms with Gasteiger partial charge < -0.3 is 10.1 Å². The van der Waals surface area contributed by atoms with Crippen LogP contribution < -0.4 is 10.1 Å². The number of hydrogen-bond donors (Lipinski definition) is 1. The quantitative estimate of drug-likeness (QED) is 0.760. The third-order valence-corrected chi connectivity index (χ3v) is 3.16. The van der Waals surface area contributed by atoms with Crippen molar-refractivity contribution in [3.05, 3.63) is 22.8 Å². The third kappa shape index (κ3) is 4.17. The van der Waals surface area contributed by atoms with Crippen LogP contribution in [0.4, 0.5) is 0 Å². The topological polar surface area (TPSA) is 34.1 Å². The Kier molecular flexibility index (Phi) is 4.63. The number of ether oxygens (including phenoxy) is 1. The van der Waals surface area contributed by atoms with Gasteiger partial charge in [-0.15, -0.1) is 0 Å². The number of hydrogen-bond acceptors (Lipinski definition) is 3. The Morgan fingerprint density at radius 1 is 1.53 bits per heavy atom. The summed E-state index contributed by atoms with van der Waals surface area (Å²) in [5.41, 5.74) is 1.06. The van der Waals surface area contributed by atoms with Crippen LogP contribution in [-0.4, -0.2) is 18.1 Å². The molecule has 1 aliphatic carbocycles. The highest BCUT2D eigenvalue weighted by molar-refractivity contribution is 6.31. The van der Waals surface area contributed by atoms with Crippen molar-refractivity contribution < 1.29 is 4.74 Å². The minimum absolute atomic E-state index is 0.689. The molecular formula is C13H19ClN2O. The largest absolute Gasteiger partial charge is 0.477 e. The minimum Gasteiger partial charge on any atom is -0.477 e. The van der Waals surface area contributed by atoms with E-state index in [1.807, 2.05) is 6.07 Å². The molecule has 0 aromatic carbocycles. The van der Waals surface area contributed by atoms with E-state index in [-0.39, 0.29) is 0 Å². The molecule has 2 rings (SSSR count). The Bertz CT molecular complexity index is 366. The van der Waals surface area contributed by atoms with Gasteiger partial charge in [0.1, 0.15) is 0 Å². The van der Waals surface area contributed by atoms with Crippen molar-refractivity contribution in [3.8, 4) is 5.88 Å². The molecule has 0 saturated heterocycles. The van der Waals surface area contributed by atoms with Crippen molar-refractivity contribution in [2.75, 3.05) is 13.2 Å². The van der Waals surface area contributed by atoms with E-state index in [2.05, 4.69) is 17.2 Å². The lowest BCUT2D eigenvalue weighted by Gasteiger charge is -2.09. The average molecular weight is 255 g/mol.